The number of hydrogen-bond donors (Lipinski definition) is 0. The Hall–Kier alpha value is -2.77. The van der Waals surface area contributed by atoms with Crippen molar-refractivity contribution in [1.29, 1.82) is 0 Å². The van der Waals surface area contributed by atoms with Crippen LogP contribution in [0.1, 0.15) is 28.8 Å². The first-order chi connectivity index (χ1) is 13.6. The first kappa shape index (κ1) is 19.5. The van der Waals surface area contributed by atoms with Crippen molar-refractivity contribution in [2.45, 2.75) is 32.6 Å². The molecule has 2 aromatic rings. The van der Waals surface area contributed by atoms with Crippen LogP contribution < -0.4 is 10.5 Å². The number of aromatic nitrogens is 1. The maximum Gasteiger partial charge on any atom is 0.416 e. The Morgan fingerprint density at radius 2 is 1.90 bits per heavy atom. The lowest BCUT2D eigenvalue weighted by Crippen LogP contribution is -2.48. The van der Waals surface area contributed by atoms with Gasteiger partial charge in [0, 0.05) is 56.5 Å². The molecule has 0 N–H and O–H groups in total. The summed E-state index contributed by atoms with van der Waals surface area (Å²) in [4.78, 5) is 28.3. The zero-order chi connectivity index (χ0) is 20.9. The first-order valence-electron chi connectivity index (χ1n) is 9.52. The smallest absolute Gasteiger partial charge is 0.371 e. The number of benzene rings is 1. The molecule has 29 heavy (non-hydrogen) atoms. The second-order valence-corrected chi connectivity index (χ2v) is 7.92. The Kier molecular flexibility index (Phi) is 4.67. The number of fused-ring (bicyclic) bond motifs is 1. The molecule has 5 nitrogen and oxygen atoms in total. The van der Waals surface area contributed by atoms with Crippen molar-refractivity contribution in [3.8, 4) is 0 Å². The monoisotopic (exact) mass is 405 g/mol. The van der Waals surface area contributed by atoms with Crippen LogP contribution >= 0.6 is 0 Å². The minimum atomic E-state index is -4.36. The van der Waals surface area contributed by atoms with E-state index in [1.54, 1.807) is 28.6 Å². The van der Waals surface area contributed by atoms with Crippen LogP contribution in [-0.2, 0) is 31.1 Å². The van der Waals surface area contributed by atoms with Gasteiger partial charge in [0.15, 0.2) is 0 Å². The number of aryl methyl sites for hydroxylation is 1. The van der Waals surface area contributed by atoms with Gasteiger partial charge in [-0.2, -0.15) is 13.2 Å². The molecule has 2 aliphatic heterocycles. The number of pyridine rings is 1. The normalized spacial score (nSPS) is 16.7. The molecule has 4 rings (SSSR count). The summed E-state index contributed by atoms with van der Waals surface area (Å²) in [7, 11) is 1.72. The second-order valence-electron chi connectivity index (χ2n) is 7.92. The molecular formula is C21H22F3N3O2. The molecule has 0 bridgehead atoms. The SMILES string of the molecule is Cc1cc(=O)n(C)c2c1CN(C(=O)CC1CN(c3cccc(C(F)(F)F)c3)C1)C2. The van der Waals surface area contributed by atoms with Gasteiger partial charge < -0.3 is 14.4 Å². The van der Waals surface area contributed by atoms with Crippen LogP contribution in [0.3, 0.4) is 0 Å². The predicted octanol–water partition coefficient (Wildman–Crippen LogP) is 3.08. The summed E-state index contributed by atoms with van der Waals surface area (Å²) >= 11 is 0. The lowest BCUT2D eigenvalue weighted by atomic mass is 9.94. The summed E-state index contributed by atoms with van der Waals surface area (Å²) in [6.45, 7) is 3.92. The number of alkyl halides is 3. The fourth-order valence-electron chi connectivity index (χ4n) is 4.12. The minimum absolute atomic E-state index is 0.0155. The third kappa shape index (κ3) is 3.63. The molecule has 8 heteroatoms. The molecule has 1 amide bonds. The van der Waals surface area contributed by atoms with Crippen LogP contribution in [-0.4, -0.2) is 28.5 Å². The van der Waals surface area contributed by atoms with Crippen LogP contribution in [0.15, 0.2) is 35.1 Å². The molecule has 0 radical (unpaired) electrons. The minimum Gasteiger partial charge on any atom is -0.371 e. The van der Waals surface area contributed by atoms with Crippen molar-refractivity contribution in [2.24, 2.45) is 13.0 Å². The van der Waals surface area contributed by atoms with E-state index in [1.165, 1.54) is 6.07 Å². The lowest BCUT2D eigenvalue weighted by molar-refractivity contribution is -0.137. The summed E-state index contributed by atoms with van der Waals surface area (Å²) in [6, 6.07) is 6.87. The van der Waals surface area contributed by atoms with E-state index >= 15 is 0 Å². The highest BCUT2D eigenvalue weighted by Gasteiger charge is 2.35. The van der Waals surface area contributed by atoms with Crippen molar-refractivity contribution in [3.63, 3.8) is 0 Å². The van der Waals surface area contributed by atoms with Gasteiger partial charge in [0.2, 0.25) is 5.91 Å². The maximum atomic E-state index is 12.9. The summed E-state index contributed by atoms with van der Waals surface area (Å²) in [5.74, 6) is 0.132. The summed E-state index contributed by atoms with van der Waals surface area (Å²) in [5.41, 5.74) is 2.60. The molecule has 2 aliphatic rings. The van der Waals surface area contributed by atoms with Gasteiger partial charge in [-0.1, -0.05) is 6.07 Å². The molecule has 0 aliphatic carbocycles. The zero-order valence-corrected chi connectivity index (χ0v) is 16.3. The number of halogens is 3. The van der Waals surface area contributed by atoms with Gasteiger partial charge in [-0.3, -0.25) is 9.59 Å². The Bertz CT molecular complexity index is 1020. The second kappa shape index (κ2) is 6.93. The van der Waals surface area contributed by atoms with Crippen LogP contribution in [0.5, 0.6) is 0 Å². The maximum absolute atomic E-state index is 12.9. The Morgan fingerprint density at radius 1 is 1.17 bits per heavy atom. The molecule has 0 atom stereocenters. The molecule has 1 fully saturated rings. The highest BCUT2D eigenvalue weighted by atomic mass is 19.4. The van der Waals surface area contributed by atoms with Crippen LogP contribution in [0.25, 0.3) is 0 Å². The average molecular weight is 405 g/mol. The van der Waals surface area contributed by atoms with E-state index in [4.69, 9.17) is 0 Å². The van der Waals surface area contributed by atoms with Crippen LogP contribution in [0.4, 0.5) is 18.9 Å². The molecular weight excluding hydrogens is 383 g/mol. The molecule has 3 heterocycles. The summed E-state index contributed by atoms with van der Waals surface area (Å²) in [5, 5.41) is 0. The van der Waals surface area contributed by atoms with Gasteiger partial charge in [-0.15, -0.1) is 0 Å². The topological polar surface area (TPSA) is 45.6 Å². The molecule has 0 saturated carbocycles. The van der Waals surface area contributed by atoms with E-state index in [-0.39, 0.29) is 17.4 Å². The van der Waals surface area contributed by atoms with Crippen LogP contribution in [0, 0.1) is 12.8 Å². The number of anilines is 1. The van der Waals surface area contributed by atoms with Crippen molar-refractivity contribution < 1.29 is 18.0 Å². The highest BCUT2D eigenvalue weighted by molar-refractivity contribution is 5.77. The largest absolute Gasteiger partial charge is 0.416 e. The van der Waals surface area contributed by atoms with Crippen molar-refractivity contribution in [2.75, 3.05) is 18.0 Å². The molecule has 1 saturated heterocycles. The quantitative estimate of drug-likeness (QED) is 0.789. The molecule has 0 unspecified atom stereocenters. The third-order valence-electron chi connectivity index (χ3n) is 5.90. The van der Waals surface area contributed by atoms with Crippen molar-refractivity contribution >= 4 is 11.6 Å². The summed E-state index contributed by atoms with van der Waals surface area (Å²) in [6.07, 6.45) is -4.00. The van der Waals surface area contributed by atoms with E-state index in [0.717, 1.165) is 29.0 Å². The van der Waals surface area contributed by atoms with Gasteiger partial charge in [0.1, 0.15) is 0 Å². The predicted molar refractivity (Wildman–Crippen MR) is 102 cm³/mol. The number of carbonyl (C=O) groups is 1. The Morgan fingerprint density at radius 3 is 2.59 bits per heavy atom. The zero-order valence-electron chi connectivity index (χ0n) is 16.3. The van der Waals surface area contributed by atoms with E-state index in [0.29, 0.717) is 38.3 Å². The third-order valence-corrected chi connectivity index (χ3v) is 5.90. The first-order valence-corrected chi connectivity index (χ1v) is 9.52. The fourth-order valence-corrected chi connectivity index (χ4v) is 4.12. The van der Waals surface area contributed by atoms with Gasteiger partial charge in [-0.05, 0) is 36.2 Å². The van der Waals surface area contributed by atoms with Gasteiger partial charge in [0.05, 0.1) is 12.1 Å². The lowest BCUT2D eigenvalue weighted by Gasteiger charge is -2.41. The van der Waals surface area contributed by atoms with Gasteiger partial charge in [-0.25, -0.2) is 0 Å². The molecule has 1 aromatic heterocycles. The Labute approximate surface area is 166 Å². The molecule has 0 spiro atoms. The van der Waals surface area contributed by atoms with E-state index in [9.17, 15) is 22.8 Å². The van der Waals surface area contributed by atoms with E-state index in [1.807, 2.05) is 11.8 Å². The number of rotatable bonds is 3. The molecule has 154 valence electrons. The fraction of sp³-hybridized carbons (Fsp3) is 0.429. The number of amides is 1. The number of nitrogens with zero attached hydrogens (tertiary/aromatic N) is 3. The van der Waals surface area contributed by atoms with Crippen molar-refractivity contribution in [3.05, 3.63) is 63.1 Å². The van der Waals surface area contributed by atoms with Crippen LogP contribution in [0.2, 0.25) is 0 Å². The van der Waals surface area contributed by atoms with Gasteiger partial charge in [0.25, 0.3) is 5.56 Å². The molecule has 1 aromatic carbocycles. The average Bonchev–Trinajstić information content (AvgIpc) is 3.08. The van der Waals surface area contributed by atoms with E-state index in [2.05, 4.69) is 0 Å². The summed E-state index contributed by atoms with van der Waals surface area (Å²) < 4.78 is 40.2. The standard InChI is InChI=1S/C21H22F3N3O2/c1-13-6-19(28)25(2)18-12-27(11-17(13)18)20(29)7-14-9-26(10-14)16-5-3-4-15(8-16)21(22,23)24/h3-6,8,14H,7,9-12H2,1-2H3. The van der Waals surface area contributed by atoms with E-state index < -0.39 is 11.7 Å². The van der Waals surface area contributed by atoms with Crippen molar-refractivity contribution in [1.82, 2.24) is 9.47 Å². The Balaban J connectivity index is 1.36. The number of hydrogen-bond acceptors (Lipinski definition) is 3. The number of carbonyl (C=O) groups excluding carboxylic acids is 1. The van der Waals surface area contributed by atoms with Gasteiger partial charge >= 0.3 is 6.18 Å². The highest BCUT2D eigenvalue weighted by Crippen LogP contribution is 2.34.